The van der Waals surface area contributed by atoms with E-state index in [9.17, 15) is 4.79 Å². The molecule has 3 nitrogen and oxygen atoms in total. The maximum Gasteiger partial charge on any atom is 0.241 e. The molecule has 0 aromatic carbocycles. The normalized spacial score (nSPS) is 10.3. The van der Waals surface area contributed by atoms with Crippen LogP contribution in [0.5, 0.6) is 0 Å². The lowest BCUT2D eigenvalue weighted by Gasteiger charge is -1.90. The fourth-order valence-corrected chi connectivity index (χ4v) is 1.21. The highest BCUT2D eigenvalue weighted by Crippen LogP contribution is 2.14. The monoisotopic (exact) mass is 180 g/mol. The second-order valence-corrected chi connectivity index (χ2v) is 2.92. The van der Waals surface area contributed by atoms with Crippen molar-refractivity contribution in [2.45, 2.75) is 5.03 Å². The fourth-order valence-electron chi connectivity index (χ4n) is 0.588. The van der Waals surface area contributed by atoms with Crippen LogP contribution in [0.4, 0.5) is 0 Å². The van der Waals surface area contributed by atoms with Crippen LogP contribution in [0.3, 0.4) is 0 Å². The summed E-state index contributed by atoms with van der Waals surface area (Å²) in [6.07, 6.45) is 3.00. The van der Waals surface area contributed by atoms with E-state index in [4.69, 9.17) is 5.73 Å². The molecule has 0 saturated heterocycles. The first kappa shape index (κ1) is 8.80. The van der Waals surface area contributed by atoms with Crippen molar-refractivity contribution in [1.29, 1.82) is 0 Å². The topological polar surface area (TPSA) is 56.0 Å². The summed E-state index contributed by atoms with van der Waals surface area (Å²) in [5.41, 5.74) is 4.90. The summed E-state index contributed by atoms with van der Waals surface area (Å²) in [4.78, 5) is 14.3. The summed E-state index contributed by atoms with van der Waals surface area (Å²) in [5.74, 6) is -0.446. The van der Waals surface area contributed by atoms with Crippen LogP contribution < -0.4 is 5.73 Å². The van der Waals surface area contributed by atoms with Gasteiger partial charge in [-0.25, -0.2) is 4.98 Å². The number of hydrogen-bond donors (Lipinski definition) is 1. The molecule has 0 saturated carbocycles. The predicted molar refractivity (Wildman–Crippen MR) is 48.4 cm³/mol. The summed E-state index contributed by atoms with van der Waals surface area (Å²) in [7, 11) is 0. The van der Waals surface area contributed by atoms with Crippen LogP contribution in [0.1, 0.15) is 0 Å². The number of carbonyl (C=O) groups excluding carboxylic acids is 1. The molecular weight excluding hydrogens is 172 g/mol. The second-order valence-electron chi connectivity index (χ2n) is 1.99. The molecule has 62 valence electrons. The van der Waals surface area contributed by atoms with E-state index in [1.165, 1.54) is 17.8 Å². The second kappa shape index (κ2) is 4.56. The van der Waals surface area contributed by atoms with Crippen LogP contribution in [0.25, 0.3) is 0 Å². The van der Waals surface area contributed by atoms with Gasteiger partial charge < -0.3 is 5.73 Å². The zero-order valence-electron chi connectivity index (χ0n) is 6.31. The van der Waals surface area contributed by atoms with Crippen molar-refractivity contribution in [3.63, 3.8) is 0 Å². The maximum atomic E-state index is 10.3. The Labute approximate surface area is 74.7 Å². The molecule has 2 N–H and O–H groups in total. The van der Waals surface area contributed by atoms with E-state index in [1.54, 1.807) is 11.6 Å². The van der Waals surface area contributed by atoms with E-state index in [0.717, 1.165) is 5.03 Å². The predicted octanol–water partition coefficient (Wildman–Crippen LogP) is 1.17. The summed E-state index contributed by atoms with van der Waals surface area (Å²) in [6, 6.07) is 5.57. The molecule has 0 radical (unpaired) electrons. The Morgan fingerprint density at radius 1 is 1.58 bits per heavy atom. The number of hydrogen-bond acceptors (Lipinski definition) is 3. The molecule has 12 heavy (non-hydrogen) atoms. The molecule has 0 bridgehead atoms. The van der Waals surface area contributed by atoms with Crippen LogP contribution in [0.2, 0.25) is 0 Å². The summed E-state index contributed by atoms with van der Waals surface area (Å²) in [5, 5.41) is 2.46. The lowest BCUT2D eigenvalue weighted by Crippen LogP contribution is -2.04. The first-order valence-corrected chi connectivity index (χ1v) is 4.20. The van der Waals surface area contributed by atoms with E-state index in [-0.39, 0.29) is 0 Å². The van der Waals surface area contributed by atoms with Crippen molar-refractivity contribution in [3.05, 3.63) is 35.9 Å². The largest absolute Gasteiger partial charge is 0.366 e. The van der Waals surface area contributed by atoms with Crippen LogP contribution in [0, 0.1) is 0 Å². The van der Waals surface area contributed by atoms with Gasteiger partial charge in [0.25, 0.3) is 0 Å². The number of rotatable bonds is 3. The molecule has 1 aromatic heterocycles. The molecule has 1 amide bonds. The van der Waals surface area contributed by atoms with E-state index < -0.39 is 5.91 Å². The van der Waals surface area contributed by atoms with E-state index in [1.807, 2.05) is 18.2 Å². The van der Waals surface area contributed by atoms with E-state index >= 15 is 0 Å². The SMILES string of the molecule is NC(=O)/C=C/Sc1ccccn1. The van der Waals surface area contributed by atoms with Gasteiger partial charge in [-0.15, -0.1) is 0 Å². The molecule has 1 rings (SSSR count). The number of nitrogens with two attached hydrogens (primary N) is 1. The number of nitrogens with zero attached hydrogens (tertiary/aromatic N) is 1. The number of pyridine rings is 1. The van der Waals surface area contributed by atoms with E-state index in [0.29, 0.717) is 0 Å². The third kappa shape index (κ3) is 3.21. The minimum Gasteiger partial charge on any atom is -0.366 e. The molecule has 0 aliphatic rings. The zero-order chi connectivity index (χ0) is 8.81. The van der Waals surface area contributed by atoms with Gasteiger partial charge in [0.05, 0.1) is 0 Å². The van der Waals surface area contributed by atoms with Crippen molar-refractivity contribution in [3.8, 4) is 0 Å². The highest BCUT2D eigenvalue weighted by atomic mass is 32.2. The summed E-state index contributed by atoms with van der Waals surface area (Å²) in [6.45, 7) is 0. The third-order valence-corrected chi connectivity index (χ3v) is 1.81. The molecule has 0 unspecified atom stereocenters. The van der Waals surface area contributed by atoms with Crippen molar-refractivity contribution >= 4 is 17.7 Å². The highest BCUT2D eigenvalue weighted by molar-refractivity contribution is 8.02. The van der Waals surface area contributed by atoms with Gasteiger partial charge in [0.15, 0.2) is 0 Å². The number of thioether (sulfide) groups is 1. The van der Waals surface area contributed by atoms with Crippen LogP contribution >= 0.6 is 11.8 Å². The third-order valence-electron chi connectivity index (χ3n) is 1.06. The van der Waals surface area contributed by atoms with Crippen LogP contribution in [-0.2, 0) is 4.79 Å². The average molecular weight is 180 g/mol. The highest BCUT2D eigenvalue weighted by Gasteiger charge is 1.88. The molecule has 0 aliphatic carbocycles. The molecule has 4 heteroatoms. The smallest absolute Gasteiger partial charge is 0.241 e. The van der Waals surface area contributed by atoms with Gasteiger partial charge in [0.2, 0.25) is 5.91 Å². The maximum absolute atomic E-state index is 10.3. The first-order valence-electron chi connectivity index (χ1n) is 3.33. The lowest BCUT2D eigenvalue weighted by atomic mass is 10.5. The van der Waals surface area contributed by atoms with Crippen LogP contribution in [0.15, 0.2) is 40.9 Å². The Morgan fingerprint density at radius 3 is 3.00 bits per heavy atom. The van der Waals surface area contributed by atoms with Gasteiger partial charge >= 0.3 is 0 Å². The molecule has 1 aromatic rings. The van der Waals surface area contributed by atoms with Gasteiger partial charge in [-0.1, -0.05) is 17.8 Å². The Bertz CT molecular complexity index is 284. The molecular formula is C8H8N2OS. The average Bonchev–Trinajstić information content (AvgIpc) is 2.05. The van der Waals surface area contributed by atoms with Crippen molar-refractivity contribution < 1.29 is 4.79 Å². The van der Waals surface area contributed by atoms with Gasteiger partial charge in [0.1, 0.15) is 5.03 Å². The lowest BCUT2D eigenvalue weighted by molar-refractivity contribution is -0.113. The molecule has 0 atom stereocenters. The van der Waals surface area contributed by atoms with Crippen molar-refractivity contribution in [1.82, 2.24) is 4.98 Å². The van der Waals surface area contributed by atoms with Gasteiger partial charge in [-0.3, -0.25) is 4.79 Å². The number of primary amides is 1. The number of amides is 1. The molecule has 1 heterocycles. The van der Waals surface area contributed by atoms with Gasteiger partial charge in [-0.2, -0.15) is 0 Å². The molecule has 0 spiro atoms. The number of carbonyl (C=O) groups is 1. The van der Waals surface area contributed by atoms with Gasteiger partial charge in [-0.05, 0) is 17.5 Å². The van der Waals surface area contributed by atoms with Crippen molar-refractivity contribution in [2.24, 2.45) is 5.73 Å². The minimum atomic E-state index is -0.446. The van der Waals surface area contributed by atoms with E-state index in [2.05, 4.69) is 4.98 Å². The quantitative estimate of drug-likeness (QED) is 0.561. The number of aromatic nitrogens is 1. The Balaban J connectivity index is 2.49. The fraction of sp³-hybridized carbons (Fsp3) is 0. The summed E-state index contributed by atoms with van der Waals surface area (Å²) >= 11 is 1.36. The van der Waals surface area contributed by atoms with Crippen molar-refractivity contribution in [2.75, 3.05) is 0 Å². The molecule has 0 aliphatic heterocycles. The van der Waals surface area contributed by atoms with Gasteiger partial charge in [0, 0.05) is 12.3 Å². The molecule has 0 fully saturated rings. The minimum absolute atomic E-state index is 0.446. The standard InChI is InChI=1S/C8H8N2OS/c9-7(11)4-6-12-8-3-1-2-5-10-8/h1-6H,(H2,9,11)/b6-4+. The van der Waals surface area contributed by atoms with Crippen LogP contribution in [-0.4, -0.2) is 10.9 Å². The summed E-state index contributed by atoms with van der Waals surface area (Å²) < 4.78 is 0. The Hall–Kier alpha value is -1.29. The Morgan fingerprint density at radius 2 is 2.42 bits per heavy atom. The Kier molecular flexibility index (Phi) is 3.35. The first-order chi connectivity index (χ1) is 5.79. The zero-order valence-corrected chi connectivity index (χ0v) is 7.12.